The lowest BCUT2D eigenvalue weighted by atomic mass is 10.2. The summed E-state index contributed by atoms with van der Waals surface area (Å²) in [6.45, 7) is 5.13. The molecule has 7 heteroatoms. The van der Waals surface area contributed by atoms with Crippen molar-refractivity contribution >= 4 is 22.6 Å². The summed E-state index contributed by atoms with van der Waals surface area (Å²) >= 11 is 0. The van der Waals surface area contributed by atoms with Crippen LogP contribution in [0.5, 0.6) is 5.75 Å². The number of rotatable bonds is 7. The van der Waals surface area contributed by atoms with Gasteiger partial charge in [-0.15, -0.1) is 0 Å². The quantitative estimate of drug-likeness (QED) is 0.833. The van der Waals surface area contributed by atoms with E-state index in [-0.39, 0.29) is 24.7 Å². The maximum atomic E-state index is 12.2. The summed E-state index contributed by atoms with van der Waals surface area (Å²) in [5, 5.41) is 8.03. The molecule has 2 heterocycles. The van der Waals surface area contributed by atoms with E-state index in [4.69, 9.17) is 14.2 Å². The summed E-state index contributed by atoms with van der Waals surface area (Å²) in [5.41, 5.74) is 0.897. The topological polar surface area (TPSA) is 74.6 Å². The number of hydrogen-bond donors (Lipinski definition) is 1. The molecule has 1 amide bonds. The number of nitrogens with zero attached hydrogens (tertiary/aromatic N) is 2. The van der Waals surface area contributed by atoms with Crippen LogP contribution < -0.4 is 10.1 Å². The molecule has 136 valence electrons. The van der Waals surface area contributed by atoms with E-state index in [0.717, 1.165) is 30.4 Å². The predicted molar refractivity (Wildman–Crippen MR) is 94.9 cm³/mol. The molecular weight excluding hydrogens is 322 g/mol. The summed E-state index contributed by atoms with van der Waals surface area (Å²) in [4.78, 5) is 12.2. The molecule has 0 radical (unpaired) electrons. The highest BCUT2D eigenvalue weighted by atomic mass is 16.5. The summed E-state index contributed by atoms with van der Waals surface area (Å²) in [7, 11) is 1.84. The monoisotopic (exact) mass is 347 g/mol. The zero-order chi connectivity index (χ0) is 17.8. The van der Waals surface area contributed by atoms with Crippen molar-refractivity contribution in [3.63, 3.8) is 0 Å². The van der Waals surface area contributed by atoms with Crippen molar-refractivity contribution in [2.24, 2.45) is 7.05 Å². The van der Waals surface area contributed by atoms with E-state index < -0.39 is 0 Å². The van der Waals surface area contributed by atoms with Crippen molar-refractivity contribution in [3.8, 4) is 5.75 Å². The lowest BCUT2D eigenvalue weighted by Crippen LogP contribution is -2.22. The molecule has 1 aliphatic heterocycles. The maximum Gasteiger partial charge on any atom is 0.251 e. The van der Waals surface area contributed by atoms with Crippen LogP contribution in [0.3, 0.4) is 0 Å². The molecule has 1 saturated heterocycles. The van der Waals surface area contributed by atoms with Gasteiger partial charge in [-0.2, -0.15) is 5.10 Å². The molecule has 2 aromatic rings. The lowest BCUT2D eigenvalue weighted by Gasteiger charge is -2.12. The van der Waals surface area contributed by atoms with Gasteiger partial charge in [0.1, 0.15) is 12.4 Å². The number of anilines is 1. The minimum Gasteiger partial charge on any atom is -0.490 e. The van der Waals surface area contributed by atoms with Crippen LogP contribution in [-0.2, 0) is 21.3 Å². The highest BCUT2D eigenvalue weighted by Gasteiger charge is 2.18. The first-order chi connectivity index (χ1) is 12.0. The molecule has 1 atom stereocenters. The van der Waals surface area contributed by atoms with Gasteiger partial charge in [-0.05, 0) is 38.8 Å². The number of aromatic nitrogens is 2. The van der Waals surface area contributed by atoms with Crippen LogP contribution >= 0.6 is 0 Å². The Morgan fingerprint density at radius 3 is 3.04 bits per heavy atom. The van der Waals surface area contributed by atoms with Gasteiger partial charge >= 0.3 is 0 Å². The smallest absolute Gasteiger partial charge is 0.251 e. The van der Waals surface area contributed by atoms with Gasteiger partial charge < -0.3 is 19.5 Å². The fourth-order valence-electron chi connectivity index (χ4n) is 2.95. The summed E-state index contributed by atoms with van der Waals surface area (Å²) < 4.78 is 18.5. The van der Waals surface area contributed by atoms with Gasteiger partial charge in [-0.3, -0.25) is 9.48 Å². The average molecular weight is 347 g/mol. The Hall–Kier alpha value is -2.12. The summed E-state index contributed by atoms with van der Waals surface area (Å²) in [5.74, 6) is 0.952. The number of ether oxygens (including phenoxy) is 3. The van der Waals surface area contributed by atoms with Gasteiger partial charge in [-0.1, -0.05) is 6.07 Å². The lowest BCUT2D eigenvalue weighted by molar-refractivity contribution is -0.121. The fourth-order valence-corrected chi connectivity index (χ4v) is 2.95. The third-order valence-corrected chi connectivity index (χ3v) is 4.02. The summed E-state index contributed by atoms with van der Waals surface area (Å²) in [6, 6.07) is 5.74. The van der Waals surface area contributed by atoms with Crippen LogP contribution in [-0.4, -0.2) is 47.7 Å². The van der Waals surface area contributed by atoms with Crippen LogP contribution in [0.15, 0.2) is 18.2 Å². The number of amides is 1. The molecule has 1 aromatic carbocycles. The van der Waals surface area contributed by atoms with Crippen molar-refractivity contribution in [2.75, 3.05) is 25.1 Å². The van der Waals surface area contributed by atoms with Crippen LogP contribution in [0.25, 0.3) is 10.9 Å². The van der Waals surface area contributed by atoms with E-state index in [0.29, 0.717) is 18.2 Å². The first kappa shape index (κ1) is 17.7. The van der Waals surface area contributed by atoms with Crippen molar-refractivity contribution in [3.05, 3.63) is 18.2 Å². The molecule has 0 spiro atoms. The fraction of sp³-hybridized carbons (Fsp3) is 0.556. The number of hydrogen-bond acceptors (Lipinski definition) is 5. The van der Waals surface area contributed by atoms with Crippen LogP contribution in [0.4, 0.5) is 5.82 Å². The van der Waals surface area contributed by atoms with Crippen LogP contribution in [0.2, 0.25) is 0 Å². The number of benzene rings is 1. The maximum absolute atomic E-state index is 12.2. The molecule has 3 rings (SSSR count). The second-order valence-electron chi connectivity index (χ2n) is 6.49. The summed E-state index contributed by atoms with van der Waals surface area (Å²) in [6.07, 6.45) is 2.18. The highest BCUT2D eigenvalue weighted by molar-refractivity contribution is 6.03. The SMILES string of the molecule is CC(C)Oc1cccc2c1c(NC(=O)COCC1CCCO1)nn2C. The van der Waals surface area contributed by atoms with Crippen LogP contribution in [0.1, 0.15) is 26.7 Å². The molecule has 0 aliphatic carbocycles. The molecular formula is C18H25N3O4. The number of aryl methyl sites for hydroxylation is 1. The van der Waals surface area contributed by atoms with E-state index in [1.807, 2.05) is 39.1 Å². The third-order valence-electron chi connectivity index (χ3n) is 4.02. The second kappa shape index (κ2) is 7.84. The Balaban J connectivity index is 1.68. The number of nitrogens with one attached hydrogen (secondary N) is 1. The van der Waals surface area contributed by atoms with Crippen molar-refractivity contribution in [2.45, 2.75) is 38.9 Å². The first-order valence-electron chi connectivity index (χ1n) is 8.66. The van der Waals surface area contributed by atoms with Gasteiger partial charge in [0, 0.05) is 13.7 Å². The molecule has 1 fully saturated rings. The molecule has 1 unspecified atom stereocenters. The normalized spacial score (nSPS) is 17.4. The Kier molecular flexibility index (Phi) is 5.55. The second-order valence-corrected chi connectivity index (χ2v) is 6.49. The minimum atomic E-state index is -0.239. The molecule has 25 heavy (non-hydrogen) atoms. The van der Waals surface area contributed by atoms with Gasteiger partial charge in [0.25, 0.3) is 5.91 Å². The number of fused-ring (bicyclic) bond motifs is 1. The molecule has 1 N–H and O–H groups in total. The zero-order valence-corrected chi connectivity index (χ0v) is 14.9. The molecule has 0 bridgehead atoms. The number of carbonyl (C=O) groups excluding carboxylic acids is 1. The van der Waals surface area contributed by atoms with E-state index in [2.05, 4.69) is 10.4 Å². The largest absolute Gasteiger partial charge is 0.490 e. The Labute approximate surface area is 147 Å². The van der Waals surface area contributed by atoms with Crippen molar-refractivity contribution in [1.82, 2.24) is 9.78 Å². The first-order valence-corrected chi connectivity index (χ1v) is 8.66. The Morgan fingerprint density at radius 2 is 2.32 bits per heavy atom. The van der Waals surface area contributed by atoms with Gasteiger partial charge in [0.05, 0.1) is 29.7 Å². The van der Waals surface area contributed by atoms with Gasteiger partial charge in [0.2, 0.25) is 0 Å². The van der Waals surface area contributed by atoms with Crippen LogP contribution in [0, 0.1) is 0 Å². The standard InChI is InChI=1S/C18H25N3O4/c1-12(2)25-15-8-4-7-14-17(15)18(20-21(14)3)19-16(22)11-23-10-13-6-5-9-24-13/h4,7-8,12-13H,5-6,9-11H2,1-3H3,(H,19,20,22). The third kappa shape index (κ3) is 4.29. The highest BCUT2D eigenvalue weighted by Crippen LogP contribution is 2.32. The van der Waals surface area contributed by atoms with E-state index in [1.54, 1.807) is 4.68 Å². The van der Waals surface area contributed by atoms with E-state index >= 15 is 0 Å². The van der Waals surface area contributed by atoms with E-state index in [1.165, 1.54) is 0 Å². The molecule has 1 aliphatic rings. The molecule has 7 nitrogen and oxygen atoms in total. The Bertz CT molecular complexity index is 735. The van der Waals surface area contributed by atoms with Crippen molar-refractivity contribution in [1.29, 1.82) is 0 Å². The predicted octanol–water partition coefficient (Wildman–Crippen LogP) is 2.49. The Morgan fingerprint density at radius 1 is 1.48 bits per heavy atom. The van der Waals surface area contributed by atoms with Crippen molar-refractivity contribution < 1.29 is 19.0 Å². The molecule has 0 saturated carbocycles. The molecule has 1 aromatic heterocycles. The minimum absolute atomic E-state index is 0.0227. The van der Waals surface area contributed by atoms with Gasteiger partial charge in [0.15, 0.2) is 5.82 Å². The van der Waals surface area contributed by atoms with E-state index in [9.17, 15) is 4.79 Å². The number of carbonyl (C=O) groups is 1. The zero-order valence-electron chi connectivity index (χ0n) is 14.9. The average Bonchev–Trinajstić information content (AvgIpc) is 3.16. The van der Waals surface area contributed by atoms with Gasteiger partial charge in [-0.25, -0.2) is 0 Å².